The number of carbonyl (C=O) groups is 3. The summed E-state index contributed by atoms with van der Waals surface area (Å²) in [4.78, 5) is 41.0. The predicted octanol–water partition coefficient (Wildman–Crippen LogP) is 1.90. The largest absolute Gasteiger partial charge is 0.511 e. The molecule has 0 radical (unpaired) electrons. The summed E-state index contributed by atoms with van der Waals surface area (Å²) in [6.07, 6.45) is 0.610. The molecule has 0 aromatic heterocycles. The molecule has 1 unspecified atom stereocenters. The lowest BCUT2D eigenvalue weighted by Crippen LogP contribution is -2.56. The summed E-state index contributed by atoms with van der Waals surface area (Å²) in [7, 11) is 3.76. The molecule has 0 bridgehead atoms. The van der Waals surface area contributed by atoms with E-state index in [1.165, 1.54) is 6.92 Å². The molecule has 194 valence electrons. The molecule has 1 amide bonds. The number of aromatic hydroxyl groups is 1. The number of aliphatic hydroxyl groups excluding tert-OH is 1. The van der Waals surface area contributed by atoms with Crippen molar-refractivity contribution >= 4 is 23.2 Å². The molecule has 36 heavy (non-hydrogen) atoms. The van der Waals surface area contributed by atoms with E-state index in [9.17, 15) is 29.7 Å². The second-order valence-electron chi connectivity index (χ2n) is 10.9. The van der Waals surface area contributed by atoms with E-state index in [1.54, 1.807) is 0 Å². The number of hydrogen-bond acceptors (Lipinski definition) is 8. The highest BCUT2D eigenvalue weighted by Gasteiger charge is 2.57. The van der Waals surface area contributed by atoms with E-state index in [0.29, 0.717) is 24.4 Å². The number of nitrogens with two attached hydrogens (primary N) is 1. The highest BCUT2D eigenvalue weighted by Crippen LogP contribution is 2.53. The zero-order valence-electron chi connectivity index (χ0n) is 21.4. The maximum atomic E-state index is 14.0. The Labute approximate surface area is 210 Å². The SMILES string of the molecule is CC1=C2C(=O)c3c(O)c(CNCC(C)C)cc(N(C)C)c3C[C@H]2CC2CC(O)=C(C(N)=O)C(=O)[C@@]12O. The molecular weight excluding hydrogens is 462 g/mol. The van der Waals surface area contributed by atoms with Crippen LogP contribution in [0.4, 0.5) is 5.69 Å². The number of phenols is 1. The number of carbonyl (C=O) groups excluding carboxylic acids is 3. The Balaban J connectivity index is 1.86. The highest BCUT2D eigenvalue weighted by molar-refractivity contribution is 6.24. The Morgan fingerprint density at radius 3 is 2.50 bits per heavy atom. The zero-order chi connectivity index (χ0) is 26.7. The van der Waals surface area contributed by atoms with E-state index < -0.39 is 40.3 Å². The highest BCUT2D eigenvalue weighted by atomic mass is 16.3. The fraction of sp³-hybridized carbons (Fsp3) is 0.519. The summed E-state index contributed by atoms with van der Waals surface area (Å²) in [5, 5.41) is 36.5. The van der Waals surface area contributed by atoms with Gasteiger partial charge in [-0.05, 0) is 55.3 Å². The number of benzene rings is 1. The average Bonchev–Trinajstić information content (AvgIpc) is 2.77. The molecule has 9 nitrogen and oxygen atoms in total. The number of rotatable bonds is 6. The number of aliphatic hydroxyl groups is 2. The molecule has 3 aliphatic carbocycles. The van der Waals surface area contributed by atoms with Gasteiger partial charge in [0.25, 0.3) is 5.91 Å². The van der Waals surface area contributed by atoms with Crippen LogP contribution in [0.5, 0.6) is 5.75 Å². The Hall–Kier alpha value is -3.17. The molecule has 0 saturated carbocycles. The lowest BCUT2D eigenvalue weighted by Gasteiger charge is -2.47. The Kier molecular flexibility index (Phi) is 6.51. The molecule has 0 aliphatic heterocycles. The van der Waals surface area contributed by atoms with Crippen LogP contribution in [0.25, 0.3) is 0 Å². The fourth-order valence-electron chi connectivity index (χ4n) is 6.10. The number of primary amides is 1. The van der Waals surface area contributed by atoms with E-state index in [4.69, 9.17) is 5.73 Å². The predicted molar refractivity (Wildman–Crippen MR) is 135 cm³/mol. The van der Waals surface area contributed by atoms with Crippen LogP contribution < -0.4 is 16.0 Å². The minimum absolute atomic E-state index is 0.0884. The third-order valence-electron chi connectivity index (χ3n) is 7.83. The van der Waals surface area contributed by atoms with Crippen LogP contribution in [0.1, 0.15) is 55.1 Å². The van der Waals surface area contributed by atoms with E-state index in [0.717, 1.165) is 17.8 Å². The van der Waals surface area contributed by atoms with Crippen LogP contribution in [-0.2, 0) is 22.6 Å². The van der Waals surface area contributed by atoms with Gasteiger partial charge in [-0.15, -0.1) is 0 Å². The first-order chi connectivity index (χ1) is 16.8. The molecule has 9 heteroatoms. The van der Waals surface area contributed by atoms with Crippen molar-refractivity contribution in [3.8, 4) is 5.75 Å². The number of Topliss-reactive ketones (excluding diaryl/α,β-unsaturated/α-hetero) is 2. The van der Waals surface area contributed by atoms with E-state index >= 15 is 0 Å². The molecule has 0 heterocycles. The standard InChI is InChI=1S/C27H35N3O6/c1-12(2)10-29-11-15-8-18(30(4)5)17-7-14-6-16-9-19(31)22(26(28)35)25(34)27(16,36)13(3)20(14)24(33)21(17)23(15)32/h8,12,14,16,29,31-32,36H,6-7,9-11H2,1-5H3,(H2,28,35)/t14-,16?,27-/m1/s1. The topological polar surface area (TPSA) is 153 Å². The van der Waals surface area contributed by atoms with Crippen LogP contribution in [0.3, 0.4) is 0 Å². The lowest BCUT2D eigenvalue weighted by atomic mass is 9.58. The summed E-state index contributed by atoms with van der Waals surface area (Å²) < 4.78 is 0. The summed E-state index contributed by atoms with van der Waals surface area (Å²) in [5.74, 6) is -3.64. The maximum absolute atomic E-state index is 14.0. The quantitative estimate of drug-likeness (QED) is 0.374. The summed E-state index contributed by atoms with van der Waals surface area (Å²) in [6, 6.07) is 1.90. The van der Waals surface area contributed by atoms with Gasteiger partial charge in [-0.3, -0.25) is 14.4 Å². The molecule has 4 rings (SSSR count). The monoisotopic (exact) mass is 497 g/mol. The number of fused-ring (bicyclic) bond motifs is 3. The number of nitrogens with one attached hydrogen (secondary N) is 1. The Morgan fingerprint density at radius 1 is 1.25 bits per heavy atom. The maximum Gasteiger partial charge on any atom is 0.255 e. The van der Waals surface area contributed by atoms with Crippen LogP contribution in [0, 0.1) is 17.8 Å². The van der Waals surface area contributed by atoms with Gasteiger partial charge >= 0.3 is 0 Å². The van der Waals surface area contributed by atoms with Crippen LogP contribution in [0.15, 0.2) is 28.5 Å². The molecule has 3 atom stereocenters. The summed E-state index contributed by atoms with van der Waals surface area (Å²) in [6.45, 7) is 6.80. The van der Waals surface area contributed by atoms with Gasteiger partial charge in [0, 0.05) is 49.8 Å². The minimum atomic E-state index is -2.12. The molecule has 0 spiro atoms. The van der Waals surface area contributed by atoms with Gasteiger partial charge < -0.3 is 31.3 Å². The first-order valence-corrected chi connectivity index (χ1v) is 12.3. The van der Waals surface area contributed by atoms with Crippen molar-refractivity contribution in [2.24, 2.45) is 23.5 Å². The Bertz CT molecular complexity index is 1230. The van der Waals surface area contributed by atoms with Gasteiger partial charge in [0.2, 0.25) is 5.78 Å². The van der Waals surface area contributed by atoms with Gasteiger partial charge in [0.05, 0.1) is 5.56 Å². The van der Waals surface area contributed by atoms with Crippen molar-refractivity contribution < 1.29 is 29.7 Å². The molecular formula is C27H35N3O6. The minimum Gasteiger partial charge on any atom is -0.511 e. The first kappa shape index (κ1) is 25.9. The zero-order valence-corrected chi connectivity index (χ0v) is 21.4. The van der Waals surface area contributed by atoms with E-state index in [1.807, 2.05) is 25.1 Å². The average molecular weight is 498 g/mol. The molecule has 1 aromatic carbocycles. The number of anilines is 1. The Morgan fingerprint density at radius 2 is 1.92 bits per heavy atom. The van der Waals surface area contributed by atoms with E-state index in [-0.39, 0.29) is 41.2 Å². The van der Waals surface area contributed by atoms with Crippen molar-refractivity contribution in [2.75, 3.05) is 25.5 Å². The van der Waals surface area contributed by atoms with Gasteiger partial charge in [0.1, 0.15) is 17.1 Å². The molecule has 0 saturated heterocycles. The summed E-state index contributed by atoms with van der Waals surface area (Å²) in [5.41, 5.74) is 5.35. The number of nitrogens with zero attached hydrogens (tertiary/aromatic N) is 1. The summed E-state index contributed by atoms with van der Waals surface area (Å²) >= 11 is 0. The number of amides is 1. The van der Waals surface area contributed by atoms with Crippen molar-refractivity contribution in [1.29, 1.82) is 0 Å². The first-order valence-electron chi connectivity index (χ1n) is 12.3. The van der Waals surface area contributed by atoms with E-state index in [2.05, 4.69) is 19.2 Å². The third-order valence-corrected chi connectivity index (χ3v) is 7.83. The second-order valence-corrected chi connectivity index (χ2v) is 10.9. The smallest absolute Gasteiger partial charge is 0.255 e. The van der Waals surface area contributed by atoms with Crippen molar-refractivity contribution in [3.05, 3.63) is 45.2 Å². The fourth-order valence-corrected chi connectivity index (χ4v) is 6.10. The number of phenolic OH excluding ortho intramolecular Hbond substituents is 1. The molecule has 3 aliphatic rings. The normalized spacial score (nSPS) is 25.6. The number of hydrogen-bond donors (Lipinski definition) is 5. The van der Waals surface area contributed by atoms with Crippen molar-refractivity contribution in [1.82, 2.24) is 5.32 Å². The van der Waals surface area contributed by atoms with Gasteiger partial charge in [0.15, 0.2) is 11.4 Å². The van der Waals surface area contributed by atoms with Gasteiger partial charge in [-0.25, -0.2) is 0 Å². The lowest BCUT2D eigenvalue weighted by molar-refractivity contribution is -0.140. The van der Waals surface area contributed by atoms with Gasteiger partial charge in [-0.1, -0.05) is 13.8 Å². The van der Waals surface area contributed by atoms with Crippen LogP contribution >= 0.6 is 0 Å². The van der Waals surface area contributed by atoms with Crippen LogP contribution in [0.2, 0.25) is 0 Å². The van der Waals surface area contributed by atoms with Gasteiger partial charge in [-0.2, -0.15) is 0 Å². The third kappa shape index (κ3) is 3.81. The second kappa shape index (κ2) is 9.05. The molecule has 6 N–H and O–H groups in total. The molecule has 0 fully saturated rings. The number of allylic oxidation sites excluding steroid dienone is 2. The van der Waals surface area contributed by atoms with Crippen LogP contribution in [-0.4, -0.2) is 59.0 Å². The molecule has 1 aromatic rings. The number of ketones is 2. The van der Waals surface area contributed by atoms with Crippen molar-refractivity contribution in [2.45, 2.75) is 52.2 Å². The van der Waals surface area contributed by atoms with Crippen molar-refractivity contribution in [3.63, 3.8) is 0 Å².